The lowest BCUT2D eigenvalue weighted by atomic mass is 9.91. The van der Waals surface area contributed by atoms with Crippen molar-refractivity contribution in [2.24, 2.45) is 0 Å². The van der Waals surface area contributed by atoms with Crippen LogP contribution in [0, 0.1) is 13.8 Å². The molecule has 4 heteroatoms. The lowest BCUT2D eigenvalue weighted by molar-refractivity contribution is 1.30. The van der Waals surface area contributed by atoms with Crippen LogP contribution in [0.4, 0.5) is 34.1 Å². The van der Waals surface area contributed by atoms with Crippen molar-refractivity contribution in [3.05, 3.63) is 254 Å². The molecule has 0 amide bonds. The standard InChI is InChI=1S/C72H64N2Si2/c1-49-19-23-53(24-20-49)59-43-57(51-15-11-9-12-16-51)45-63(47-59)73(61-31-35-65(36-32-61)75(3,4)5)69-41-29-55-28-40-68-70(42-30-56-27-39-67(69)71(55)72(56)68)74(62-33-37-66(38-34-62)76(6,7)8)64-46-58(52-17-13-10-14-18-52)44-60(48-64)54-25-21-50(2)22-26-54/h9-48H,1-8H3. The highest BCUT2D eigenvalue weighted by atomic mass is 28.3. The second-order valence-corrected chi connectivity index (χ2v) is 33.0. The lowest BCUT2D eigenvalue weighted by Crippen LogP contribution is -2.37. The normalized spacial score (nSPS) is 11.9. The monoisotopic (exact) mass is 1010 g/mol. The molecule has 76 heavy (non-hydrogen) atoms. The van der Waals surface area contributed by atoms with Gasteiger partial charge in [-0.05, 0) is 153 Å². The molecule has 0 fully saturated rings. The van der Waals surface area contributed by atoms with E-state index in [0.29, 0.717) is 0 Å². The summed E-state index contributed by atoms with van der Waals surface area (Å²) in [6.07, 6.45) is 0. The number of aryl methyl sites for hydroxylation is 2. The van der Waals surface area contributed by atoms with Gasteiger partial charge in [0, 0.05) is 33.5 Å². The Morgan fingerprint density at radius 3 is 0.908 bits per heavy atom. The minimum Gasteiger partial charge on any atom is -0.310 e. The van der Waals surface area contributed by atoms with Crippen molar-refractivity contribution in [1.29, 1.82) is 0 Å². The third-order valence-corrected chi connectivity index (χ3v) is 19.6. The molecule has 0 bridgehead atoms. The first-order valence-electron chi connectivity index (χ1n) is 26.8. The van der Waals surface area contributed by atoms with E-state index in [1.54, 1.807) is 0 Å². The Morgan fingerprint density at radius 2 is 0.579 bits per heavy atom. The van der Waals surface area contributed by atoms with Gasteiger partial charge in [0.15, 0.2) is 0 Å². The van der Waals surface area contributed by atoms with Gasteiger partial charge in [0.1, 0.15) is 0 Å². The number of nitrogens with zero attached hydrogens (tertiary/aromatic N) is 2. The van der Waals surface area contributed by atoms with Crippen LogP contribution in [-0.2, 0) is 0 Å². The van der Waals surface area contributed by atoms with E-state index in [1.807, 2.05) is 0 Å². The topological polar surface area (TPSA) is 6.48 Å². The van der Waals surface area contributed by atoms with Crippen LogP contribution in [0.2, 0.25) is 39.3 Å². The van der Waals surface area contributed by atoms with Gasteiger partial charge in [-0.1, -0.05) is 231 Å². The predicted octanol–water partition coefficient (Wildman–Crippen LogP) is 19.9. The summed E-state index contributed by atoms with van der Waals surface area (Å²) in [6.45, 7) is 18.9. The van der Waals surface area contributed by atoms with Crippen molar-refractivity contribution in [1.82, 2.24) is 0 Å². The average molecular weight is 1010 g/mol. The molecular weight excluding hydrogens is 949 g/mol. The Kier molecular flexibility index (Phi) is 12.4. The third-order valence-electron chi connectivity index (χ3n) is 15.4. The number of hydrogen-bond donors (Lipinski definition) is 0. The Morgan fingerprint density at radius 1 is 0.263 bits per heavy atom. The van der Waals surface area contributed by atoms with Gasteiger partial charge in [-0.15, -0.1) is 0 Å². The SMILES string of the molecule is Cc1ccc(-c2cc(-c3ccccc3)cc(N(c3ccc([Si](C)(C)C)cc3)c3ccc4ccc5c(N(c6ccc([Si](C)(C)C)cc6)c6cc(-c7ccccc7)cc(-c7ccc(C)cc7)c6)ccc6ccc3c4c65)c2)cc1. The molecule has 0 saturated carbocycles. The Hall–Kier alpha value is -8.29. The summed E-state index contributed by atoms with van der Waals surface area (Å²) >= 11 is 0. The van der Waals surface area contributed by atoms with E-state index in [-0.39, 0.29) is 0 Å². The highest BCUT2D eigenvalue weighted by Gasteiger charge is 2.25. The summed E-state index contributed by atoms with van der Waals surface area (Å²) in [5.41, 5.74) is 18.8. The molecule has 0 aliphatic carbocycles. The zero-order valence-electron chi connectivity index (χ0n) is 45.0. The molecule has 0 aliphatic rings. The number of hydrogen-bond acceptors (Lipinski definition) is 2. The quantitative estimate of drug-likeness (QED) is 0.0889. The highest BCUT2D eigenvalue weighted by molar-refractivity contribution is 6.89. The summed E-state index contributed by atoms with van der Waals surface area (Å²) in [5.74, 6) is 0. The maximum atomic E-state index is 2.51. The van der Waals surface area contributed by atoms with E-state index in [2.05, 4.69) is 306 Å². The van der Waals surface area contributed by atoms with E-state index < -0.39 is 16.1 Å². The van der Waals surface area contributed by atoms with Crippen LogP contribution in [0.5, 0.6) is 0 Å². The van der Waals surface area contributed by atoms with Crippen LogP contribution in [0.25, 0.3) is 76.8 Å². The number of anilines is 6. The number of rotatable bonds is 12. The largest absolute Gasteiger partial charge is 0.310 e. The predicted molar refractivity (Wildman–Crippen MR) is 337 cm³/mol. The van der Waals surface area contributed by atoms with Crippen LogP contribution < -0.4 is 20.2 Å². The summed E-state index contributed by atoms with van der Waals surface area (Å²) in [7, 11) is -3.18. The van der Waals surface area contributed by atoms with Gasteiger partial charge in [-0.25, -0.2) is 0 Å². The van der Waals surface area contributed by atoms with E-state index in [4.69, 9.17) is 0 Å². The zero-order valence-corrected chi connectivity index (χ0v) is 47.0. The maximum absolute atomic E-state index is 2.51. The Balaban J connectivity index is 1.11. The van der Waals surface area contributed by atoms with Crippen molar-refractivity contribution in [2.75, 3.05) is 9.80 Å². The molecule has 12 aromatic rings. The summed E-state index contributed by atoms with van der Waals surface area (Å²) < 4.78 is 0. The first-order valence-corrected chi connectivity index (χ1v) is 33.8. The smallest absolute Gasteiger partial charge is 0.0775 e. The molecule has 12 rings (SSSR count). The van der Waals surface area contributed by atoms with Crippen LogP contribution in [-0.4, -0.2) is 16.1 Å². The van der Waals surface area contributed by atoms with Gasteiger partial charge in [-0.2, -0.15) is 0 Å². The second-order valence-electron chi connectivity index (χ2n) is 22.9. The molecule has 370 valence electrons. The van der Waals surface area contributed by atoms with Crippen LogP contribution >= 0.6 is 0 Å². The van der Waals surface area contributed by atoms with Crippen molar-refractivity contribution < 1.29 is 0 Å². The minimum atomic E-state index is -1.59. The average Bonchev–Trinajstić information content (AvgIpc) is 3.61. The van der Waals surface area contributed by atoms with Gasteiger partial charge >= 0.3 is 0 Å². The van der Waals surface area contributed by atoms with Crippen LogP contribution in [0.1, 0.15) is 11.1 Å². The fourth-order valence-electron chi connectivity index (χ4n) is 11.1. The molecule has 0 heterocycles. The summed E-state index contributed by atoms with van der Waals surface area (Å²) in [4.78, 5) is 5.03. The molecular formula is C72H64N2Si2. The lowest BCUT2D eigenvalue weighted by Gasteiger charge is -2.31. The fraction of sp³-hybridized carbons (Fsp3) is 0.111. The van der Waals surface area contributed by atoms with Crippen molar-refractivity contribution in [2.45, 2.75) is 53.1 Å². The maximum Gasteiger partial charge on any atom is 0.0775 e. The molecule has 0 aromatic heterocycles. The van der Waals surface area contributed by atoms with E-state index in [9.17, 15) is 0 Å². The first kappa shape index (κ1) is 48.6. The molecule has 12 aromatic carbocycles. The van der Waals surface area contributed by atoms with Crippen LogP contribution in [0.15, 0.2) is 243 Å². The van der Waals surface area contributed by atoms with Crippen molar-refractivity contribution in [3.63, 3.8) is 0 Å². The molecule has 0 aliphatic heterocycles. The van der Waals surface area contributed by atoms with Gasteiger partial charge in [0.25, 0.3) is 0 Å². The van der Waals surface area contributed by atoms with E-state index in [0.717, 1.165) is 34.1 Å². The van der Waals surface area contributed by atoms with E-state index >= 15 is 0 Å². The Bertz CT molecular complexity index is 3770. The summed E-state index contributed by atoms with van der Waals surface area (Å²) in [6, 6.07) is 91.6. The van der Waals surface area contributed by atoms with Gasteiger partial charge in [0.2, 0.25) is 0 Å². The molecule has 0 N–H and O–H groups in total. The number of benzene rings is 12. The third kappa shape index (κ3) is 9.33. The van der Waals surface area contributed by atoms with E-state index in [1.165, 1.54) is 98.3 Å². The summed E-state index contributed by atoms with van der Waals surface area (Å²) in [5, 5.41) is 10.3. The zero-order chi connectivity index (χ0) is 52.3. The molecule has 0 spiro atoms. The molecule has 0 atom stereocenters. The van der Waals surface area contributed by atoms with Gasteiger partial charge in [0.05, 0.1) is 27.5 Å². The fourth-order valence-corrected chi connectivity index (χ4v) is 13.5. The van der Waals surface area contributed by atoms with Gasteiger partial charge in [-0.3, -0.25) is 0 Å². The van der Waals surface area contributed by atoms with Gasteiger partial charge < -0.3 is 9.80 Å². The second kappa shape index (κ2) is 19.4. The molecule has 0 unspecified atom stereocenters. The molecule has 0 radical (unpaired) electrons. The van der Waals surface area contributed by atoms with Crippen molar-refractivity contribution >= 4 is 93.0 Å². The van der Waals surface area contributed by atoms with Crippen molar-refractivity contribution in [3.8, 4) is 44.5 Å². The Labute approximate surface area is 451 Å². The van der Waals surface area contributed by atoms with Crippen LogP contribution in [0.3, 0.4) is 0 Å². The molecule has 2 nitrogen and oxygen atoms in total. The minimum absolute atomic E-state index is 1.11. The molecule has 0 saturated heterocycles. The highest BCUT2D eigenvalue weighted by Crippen LogP contribution is 2.49. The first-order chi connectivity index (χ1) is 36.7.